The molecule has 1 saturated carbocycles. The standard InChI is InChI=1S/C10H16O2S2/c1-7(10(13)14)9(11)12-8-5-3-2-4-6-8/h7-8H,2-6H2,1H3,(H,13,14). The van der Waals surface area contributed by atoms with Gasteiger partial charge in [-0.3, -0.25) is 4.79 Å². The van der Waals surface area contributed by atoms with Crippen molar-refractivity contribution in [2.24, 2.45) is 5.92 Å². The van der Waals surface area contributed by atoms with Crippen LogP contribution in [0.5, 0.6) is 0 Å². The fraction of sp³-hybridized carbons (Fsp3) is 0.800. The van der Waals surface area contributed by atoms with E-state index in [0.29, 0.717) is 4.20 Å². The van der Waals surface area contributed by atoms with Crippen molar-refractivity contribution in [3.05, 3.63) is 0 Å². The molecule has 1 aliphatic rings. The van der Waals surface area contributed by atoms with Gasteiger partial charge in [0.2, 0.25) is 0 Å². The molecule has 14 heavy (non-hydrogen) atoms. The summed E-state index contributed by atoms with van der Waals surface area (Å²) in [5.74, 6) is -0.591. The molecule has 1 aliphatic carbocycles. The smallest absolute Gasteiger partial charge is 0.314 e. The van der Waals surface area contributed by atoms with Crippen molar-refractivity contribution in [3.8, 4) is 0 Å². The fourth-order valence-corrected chi connectivity index (χ4v) is 1.75. The van der Waals surface area contributed by atoms with Crippen LogP contribution >= 0.6 is 24.8 Å². The van der Waals surface area contributed by atoms with Crippen LogP contribution in [0.3, 0.4) is 0 Å². The van der Waals surface area contributed by atoms with Crippen molar-refractivity contribution in [1.82, 2.24) is 0 Å². The van der Waals surface area contributed by atoms with Crippen LogP contribution in [0.1, 0.15) is 39.0 Å². The molecule has 1 unspecified atom stereocenters. The Morgan fingerprint density at radius 1 is 1.43 bits per heavy atom. The first-order valence-electron chi connectivity index (χ1n) is 5.04. The molecule has 1 atom stereocenters. The highest BCUT2D eigenvalue weighted by Gasteiger charge is 2.22. The number of ether oxygens (including phenoxy) is 1. The van der Waals surface area contributed by atoms with Crippen molar-refractivity contribution in [3.63, 3.8) is 0 Å². The lowest BCUT2D eigenvalue weighted by molar-refractivity contribution is -0.152. The zero-order chi connectivity index (χ0) is 10.6. The number of hydrogen-bond acceptors (Lipinski definition) is 3. The van der Waals surface area contributed by atoms with E-state index in [-0.39, 0.29) is 18.0 Å². The molecule has 4 heteroatoms. The summed E-state index contributed by atoms with van der Waals surface area (Å²) in [6.07, 6.45) is 5.70. The van der Waals surface area contributed by atoms with Crippen molar-refractivity contribution < 1.29 is 9.53 Å². The van der Waals surface area contributed by atoms with Crippen LogP contribution in [0, 0.1) is 5.92 Å². The van der Waals surface area contributed by atoms with Gasteiger partial charge in [0.05, 0.1) is 10.1 Å². The van der Waals surface area contributed by atoms with Crippen LogP contribution < -0.4 is 0 Å². The lowest BCUT2D eigenvalue weighted by atomic mass is 9.98. The minimum Gasteiger partial charge on any atom is -0.462 e. The number of carbonyl (C=O) groups is 1. The summed E-state index contributed by atoms with van der Waals surface area (Å²) in [5, 5.41) is 0. The van der Waals surface area contributed by atoms with Gasteiger partial charge >= 0.3 is 5.97 Å². The number of hydrogen-bond donors (Lipinski definition) is 1. The maximum absolute atomic E-state index is 11.5. The highest BCUT2D eigenvalue weighted by Crippen LogP contribution is 2.21. The molecule has 0 aromatic carbocycles. The van der Waals surface area contributed by atoms with E-state index < -0.39 is 0 Å². The molecule has 0 spiro atoms. The summed E-state index contributed by atoms with van der Waals surface area (Å²) < 4.78 is 5.75. The maximum atomic E-state index is 11.5. The predicted octanol–water partition coefficient (Wildman–Crippen LogP) is 2.76. The van der Waals surface area contributed by atoms with Gasteiger partial charge in [0.1, 0.15) is 6.10 Å². The van der Waals surface area contributed by atoms with Crippen LogP contribution in [0.4, 0.5) is 0 Å². The second-order valence-electron chi connectivity index (χ2n) is 3.76. The third-order valence-electron chi connectivity index (χ3n) is 2.56. The van der Waals surface area contributed by atoms with Gasteiger partial charge in [-0.05, 0) is 32.6 Å². The Morgan fingerprint density at radius 2 is 2.00 bits per heavy atom. The SMILES string of the molecule is CC(C(=O)OC1CCCCC1)C(=S)S. The molecular weight excluding hydrogens is 216 g/mol. The Kier molecular flexibility index (Phi) is 4.89. The van der Waals surface area contributed by atoms with Crippen LogP contribution in [-0.4, -0.2) is 16.3 Å². The summed E-state index contributed by atoms with van der Waals surface area (Å²) >= 11 is 8.81. The number of rotatable bonds is 3. The second kappa shape index (κ2) is 5.71. The van der Waals surface area contributed by atoms with Crippen LogP contribution in [-0.2, 0) is 9.53 Å². The van der Waals surface area contributed by atoms with Crippen LogP contribution in [0.15, 0.2) is 0 Å². The summed E-state index contributed by atoms with van der Waals surface area (Å²) in [7, 11) is 0. The topological polar surface area (TPSA) is 26.3 Å². The van der Waals surface area contributed by atoms with Gasteiger partial charge in [0.25, 0.3) is 0 Å². The lowest BCUT2D eigenvalue weighted by Gasteiger charge is -2.23. The molecular formula is C10H16O2S2. The summed E-state index contributed by atoms with van der Waals surface area (Å²) in [5.41, 5.74) is 0. The van der Waals surface area contributed by atoms with Gasteiger partial charge in [0, 0.05) is 0 Å². The summed E-state index contributed by atoms with van der Waals surface area (Å²) in [6, 6.07) is 0. The third-order valence-corrected chi connectivity index (χ3v) is 3.30. The van der Waals surface area contributed by atoms with E-state index in [2.05, 4.69) is 12.6 Å². The number of esters is 1. The van der Waals surface area contributed by atoms with Crippen LogP contribution in [0.2, 0.25) is 0 Å². The van der Waals surface area contributed by atoms with E-state index in [4.69, 9.17) is 17.0 Å². The Balaban J connectivity index is 2.35. The van der Waals surface area contributed by atoms with E-state index in [0.717, 1.165) is 25.7 Å². The van der Waals surface area contributed by atoms with Gasteiger partial charge in [-0.25, -0.2) is 0 Å². The van der Waals surface area contributed by atoms with E-state index in [1.165, 1.54) is 6.42 Å². The number of carbonyl (C=O) groups excluding carboxylic acids is 1. The molecule has 0 aliphatic heterocycles. The summed E-state index contributed by atoms with van der Waals surface area (Å²) in [4.78, 5) is 11.5. The summed E-state index contributed by atoms with van der Waals surface area (Å²) in [6.45, 7) is 1.74. The largest absolute Gasteiger partial charge is 0.462 e. The average Bonchev–Trinajstić information content (AvgIpc) is 2.18. The Hall–Kier alpha value is -0.0900. The van der Waals surface area contributed by atoms with Crippen molar-refractivity contribution in [2.75, 3.05) is 0 Å². The van der Waals surface area contributed by atoms with E-state index in [1.807, 2.05) is 0 Å². The molecule has 80 valence electrons. The predicted molar refractivity (Wildman–Crippen MR) is 63.7 cm³/mol. The highest BCUT2D eigenvalue weighted by atomic mass is 32.1. The monoisotopic (exact) mass is 232 g/mol. The molecule has 0 amide bonds. The number of thiol groups is 1. The minimum atomic E-state index is -0.366. The van der Waals surface area contributed by atoms with Gasteiger partial charge in [-0.2, -0.15) is 0 Å². The van der Waals surface area contributed by atoms with Gasteiger partial charge in [-0.1, -0.05) is 18.6 Å². The fourth-order valence-electron chi connectivity index (χ4n) is 1.55. The molecule has 0 bridgehead atoms. The normalized spacial score (nSPS) is 20.1. The average molecular weight is 232 g/mol. The van der Waals surface area contributed by atoms with Crippen molar-refractivity contribution in [2.45, 2.75) is 45.1 Å². The lowest BCUT2D eigenvalue weighted by Crippen LogP contribution is -2.26. The van der Waals surface area contributed by atoms with Gasteiger partial charge in [0.15, 0.2) is 0 Å². The molecule has 0 N–H and O–H groups in total. The Labute approximate surface area is 95.8 Å². The highest BCUT2D eigenvalue weighted by molar-refractivity contribution is 8.11. The molecule has 1 rings (SSSR count). The first kappa shape index (κ1) is 12.0. The molecule has 0 aromatic rings. The van der Waals surface area contributed by atoms with Crippen molar-refractivity contribution in [1.29, 1.82) is 0 Å². The molecule has 1 fully saturated rings. The minimum absolute atomic E-state index is 0.112. The molecule has 2 nitrogen and oxygen atoms in total. The number of thiocarbonyl (C=S) groups is 1. The van der Waals surface area contributed by atoms with Crippen molar-refractivity contribution >= 4 is 35.0 Å². The zero-order valence-corrected chi connectivity index (χ0v) is 10.1. The molecule has 0 radical (unpaired) electrons. The third kappa shape index (κ3) is 3.58. The molecule has 0 heterocycles. The van der Waals surface area contributed by atoms with E-state index >= 15 is 0 Å². The van der Waals surface area contributed by atoms with E-state index in [1.54, 1.807) is 6.92 Å². The molecule has 0 saturated heterocycles. The Bertz CT molecular complexity index is 222. The van der Waals surface area contributed by atoms with Gasteiger partial charge in [-0.15, -0.1) is 12.6 Å². The second-order valence-corrected chi connectivity index (χ2v) is 4.98. The first-order chi connectivity index (χ1) is 6.61. The molecule has 0 aromatic heterocycles. The first-order valence-corrected chi connectivity index (χ1v) is 5.90. The zero-order valence-electron chi connectivity index (χ0n) is 8.36. The van der Waals surface area contributed by atoms with Crippen LogP contribution in [0.25, 0.3) is 0 Å². The van der Waals surface area contributed by atoms with E-state index in [9.17, 15) is 4.79 Å². The Morgan fingerprint density at radius 3 is 2.50 bits per heavy atom. The quantitative estimate of drug-likeness (QED) is 0.460. The maximum Gasteiger partial charge on any atom is 0.314 e. The van der Waals surface area contributed by atoms with Gasteiger partial charge < -0.3 is 4.74 Å².